The molecule has 0 saturated carbocycles. The monoisotopic (exact) mass is 849 g/mol. The Labute approximate surface area is 358 Å². The van der Waals surface area contributed by atoms with Crippen LogP contribution in [-0.4, -0.2) is 65.7 Å². The SMILES string of the molecule is CC/C=C\C/C=C\C/C=C\C/C=C\CCCCCCCCCCC(=O)OC(COC(=O)CCCCCCC/C=C\C/C=C\C/C=C\CC)COP(=O)(O)OCC(O)CO. The average molecular weight is 849 g/mol. The first kappa shape index (κ1) is 56.1. The zero-order valence-corrected chi connectivity index (χ0v) is 37.6. The van der Waals surface area contributed by atoms with Crippen LogP contribution in [0.5, 0.6) is 0 Å². The van der Waals surface area contributed by atoms with E-state index < -0.39 is 51.8 Å². The smallest absolute Gasteiger partial charge is 0.462 e. The van der Waals surface area contributed by atoms with Gasteiger partial charge in [0.25, 0.3) is 0 Å². The fourth-order valence-corrected chi connectivity index (χ4v) is 6.43. The number of carbonyl (C=O) groups is 2. The summed E-state index contributed by atoms with van der Waals surface area (Å²) in [6.07, 6.45) is 51.1. The topological polar surface area (TPSA) is 149 Å². The molecule has 0 heterocycles. The molecule has 11 heteroatoms. The maximum Gasteiger partial charge on any atom is 0.472 e. The van der Waals surface area contributed by atoms with E-state index in [1.165, 1.54) is 19.3 Å². The van der Waals surface area contributed by atoms with E-state index in [-0.39, 0.29) is 19.4 Å². The molecule has 0 fully saturated rings. The third kappa shape index (κ3) is 43.1. The summed E-state index contributed by atoms with van der Waals surface area (Å²) in [7, 11) is -4.63. The number of phosphoric acid groups is 1. The number of rotatable bonds is 41. The van der Waals surface area contributed by atoms with E-state index in [1.807, 2.05) is 0 Å². The number of carbonyl (C=O) groups excluding carboxylic acids is 2. The maximum absolute atomic E-state index is 12.6. The van der Waals surface area contributed by atoms with Crippen LogP contribution in [0.3, 0.4) is 0 Å². The first-order valence-electron chi connectivity index (χ1n) is 22.5. The van der Waals surface area contributed by atoms with Crippen LogP contribution in [0, 0.1) is 0 Å². The van der Waals surface area contributed by atoms with Gasteiger partial charge >= 0.3 is 19.8 Å². The molecule has 0 aromatic rings. The second kappa shape index (κ2) is 43.2. The normalized spacial score (nSPS) is 14.6. The Balaban J connectivity index is 4.31. The maximum atomic E-state index is 12.6. The standard InChI is InChI=1S/C48H81O10P/c1-3-5-7-9-11-13-15-17-19-20-21-22-23-24-26-28-30-32-34-36-38-40-48(52)58-46(44-57-59(53,54)56-42-45(50)41-49)43-55-47(51)39-37-35-33-31-29-27-25-18-16-14-12-10-8-6-4-2/h5-8,11-14,17-19,21-22,25,45-46,49-50H,3-4,9-10,15-16,20,23-24,26-44H2,1-2H3,(H,53,54)/b7-5-,8-6-,13-11-,14-12-,19-17-,22-21-,25-18-. The lowest BCUT2D eigenvalue weighted by Gasteiger charge is -2.20. The summed E-state index contributed by atoms with van der Waals surface area (Å²) in [4.78, 5) is 35.0. The van der Waals surface area contributed by atoms with Gasteiger partial charge in [-0.05, 0) is 83.5 Å². The van der Waals surface area contributed by atoms with Gasteiger partial charge in [0.2, 0.25) is 0 Å². The molecule has 0 aliphatic heterocycles. The van der Waals surface area contributed by atoms with Crippen molar-refractivity contribution in [3.63, 3.8) is 0 Å². The molecule has 3 N–H and O–H groups in total. The van der Waals surface area contributed by atoms with E-state index in [2.05, 4.69) is 98.9 Å². The van der Waals surface area contributed by atoms with Crippen molar-refractivity contribution in [2.24, 2.45) is 0 Å². The van der Waals surface area contributed by atoms with E-state index >= 15 is 0 Å². The van der Waals surface area contributed by atoms with Gasteiger partial charge in [-0.15, -0.1) is 0 Å². The van der Waals surface area contributed by atoms with Gasteiger partial charge in [0.05, 0.1) is 19.8 Å². The third-order valence-electron chi connectivity index (χ3n) is 9.04. The molecule has 338 valence electrons. The third-order valence-corrected chi connectivity index (χ3v) is 10.00. The Morgan fingerprint density at radius 2 is 0.881 bits per heavy atom. The summed E-state index contributed by atoms with van der Waals surface area (Å²) in [6.45, 7) is 2.11. The van der Waals surface area contributed by atoms with Gasteiger partial charge in [0.15, 0.2) is 6.10 Å². The highest BCUT2D eigenvalue weighted by molar-refractivity contribution is 7.47. The van der Waals surface area contributed by atoms with Crippen LogP contribution in [0.4, 0.5) is 0 Å². The van der Waals surface area contributed by atoms with Crippen molar-refractivity contribution in [3.8, 4) is 0 Å². The molecule has 0 saturated heterocycles. The van der Waals surface area contributed by atoms with Crippen molar-refractivity contribution in [1.82, 2.24) is 0 Å². The van der Waals surface area contributed by atoms with Gasteiger partial charge in [-0.25, -0.2) is 4.57 Å². The second-order valence-corrected chi connectivity index (χ2v) is 16.1. The number of aliphatic hydroxyl groups excluding tert-OH is 2. The molecule has 3 unspecified atom stereocenters. The highest BCUT2D eigenvalue weighted by atomic mass is 31.2. The summed E-state index contributed by atoms with van der Waals surface area (Å²) < 4.78 is 32.7. The molecule has 0 rings (SSSR count). The Bertz CT molecular complexity index is 1250. The average Bonchev–Trinajstić information content (AvgIpc) is 3.22. The number of hydrogen-bond donors (Lipinski definition) is 3. The minimum Gasteiger partial charge on any atom is -0.462 e. The molecule has 0 spiro atoms. The van der Waals surface area contributed by atoms with E-state index in [4.69, 9.17) is 23.6 Å². The Hall–Kier alpha value is -2.85. The number of allylic oxidation sites excluding steroid dienone is 14. The van der Waals surface area contributed by atoms with E-state index in [0.717, 1.165) is 109 Å². The van der Waals surface area contributed by atoms with Crippen molar-refractivity contribution in [2.45, 2.75) is 180 Å². The number of ether oxygens (including phenoxy) is 2. The molecule has 3 atom stereocenters. The van der Waals surface area contributed by atoms with E-state index in [0.29, 0.717) is 12.8 Å². The van der Waals surface area contributed by atoms with Gasteiger partial charge in [-0.1, -0.05) is 157 Å². The van der Waals surface area contributed by atoms with Gasteiger partial charge in [0, 0.05) is 12.8 Å². The molecule has 0 bridgehead atoms. The first-order chi connectivity index (χ1) is 28.7. The molecule has 0 aromatic carbocycles. The molecular weight excluding hydrogens is 767 g/mol. The molecule has 0 aliphatic carbocycles. The van der Waals surface area contributed by atoms with Crippen molar-refractivity contribution >= 4 is 19.8 Å². The summed E-state index contributed by atoms with van der Waals surface area (Å²) in [5.74, 6) is -0.961. The number of phosphoric ester groups is 1. The van der Waals surface area contributed by atoms with Crippen LogP contribution >= 0.6 is 7.82 Å². The summed E-state index contributed by atoms with van der Waals surface area (Å²) in [5, 5.41) is 18.4. The molecule has 0 amide bonds. The number of esters is 2. The minimum atomic E-state index is -4.63. The zero-order chi connectivity index (χ0) is 43.3. The highest BCUT2D eigenvalue weighted by Crippen LogP contribution is 2.43. The van der Waals surface area contributed by atoms with Crippen molar-refractivity contribution in [3.05, 3.63) is 85.1 Å². The van der Waals surface area contributed by atoms with Gasteiger partial charge in [-0.2, -0.15) is 0 Å². The highest BCUT2D eigenvalue weighted by Gasteiger charge is 2.27. The number of hydrogen-bond acceptors (Lipinski definition) is 9. The summed E-state index contributed by atoms with van der Waals surface area (Å²) in [5.41, 5.74) is 0. The fourth-order valence-electron chi connectivity index (χ4n) is 5.64. The lowest BCUT2D eigenvalue weighted by Crippen LogP contribution is -2.29. The number of unbranched alkanes of at least 4 members (excludes halogenated alkanes) is 13. The molecule has 10 nitrogen and oxygen atoms in total. The van der Waals surface area contributed by atoms with Crippen LogP contribution in [0.25, 0.3) is 0 Å². The van der Waals surface area contributed by atoms with Crippen LogP contribution in [0.2, 0.25) is 0 Å². The summed E-state index contributed by atoms with van der Waals surface area (Å²) in [6, 6.07) is 0. The molecule has 59 heavy (non-hydrogen) atoms. The molecule has 0 aliphatic rings. The van der Waals surface area contributed by atoms with Crippen LogP contribution in [0.1, 0.15) is 168 Å². The van der Waals surface area contributed by atoms with Gasteiger partial charge in [-0.3, -0.25) is 18.6 Å². The van der Waals surface area contributed by atoms with Crippen LogP contribution in [0.15, 0.2) is 85.1 Å². The quantitative estimate of drug-likeness (QED) is 0.0235. The lowest BCUT2D eigenvalue weighted by molar-refractivity contribution is -0.161. The predicted molar refractivity (Wildman–Crippen MR) is 242 cm³/mol. The van der Waals surface area contributed by atoms with Gasteiger partial charge in [0.1, 0.15) is 12.7 Å². The Morgan fingerprint density at radius 1 is 0.508 bits per heavy atom. The van der Waals surface area contributed by atoms with Gasteiger partial charge < -0.3 is 24.6 Å². The Morgan fingerprint density at radius 3 is 1.32 bits per heavy atom. The largest absolute Gasteiger partial charge is 0.472 e. The van der Waals surface area contributed by atoms with Crippen molar-refractivity contribution in [2.75, 3.05) is 26.4 Å². The van der Waals surface area contributed by atoms with Crippen molar-refractivity contribution < 1.29 is 47.8 Å². The van der Waals surface area contributed by atoms with E-state index in [9.17, 15) is 24.2 Å². The molecule has 0 aromatic heterocycles. The molecule has 0 radical (unpaired) electrons. The fraction of sp³-hybridized carbons (Fsp3) is 0.667. The minimum absolute atomic E-state index is 0.166. The summed E-state index contributed by atoms with van der Waals surface area (Å²) >= 11 is 0. The van der Waals surface area contributed by atoms with Crippen molar-refractivity contribution in [1.29, 1.82) is 0 Å². The zero-order valence-electron chi connectivity index (χ0n) is 36.7. The lowest BCUT2D eigenvalue weighted by atomic mass is 10.1. The molecular formula is C48H81O10P. The van der Waals surface area contributed by atoms with Crippen LogP contribution in [-0.2, 0) is 32.7 Å². The van der Waals surface area contributed by atoms with E-state index in [1.54, 1.807) is 0 Å². The Kier molecular flexibility index (Phi) is 41.2. The predicted octanol–water partition coefficient (Wildman–Crippen LogP) is 12.2. The number of aliphatic hydroxyl groups is 2. The second-order valence-electron chi connectivity index (χ2n) is 14.7. The van der Waals surface area contributed by atoms with Crippen LogP contribution < -0.4 is 0 Å². The first-order valence-corrected chi connectivity index (χ1v) is 24.0.